The number of aryl methyl sites for hydroxylation is 1. The summed E-state index contributed by atoms with van der Waals surface area (Å²) in [4.78, 5) is 12.6. The molecule has 0 aliphatic carbocycles. The molecule has 0 spiro atoms. The molecule has 0 unspecified atom stereocenters. The van der Waals surface area contributed by atoms with Crippen LogP contribution in [0.4, 0.5) is 0 Å². The lowest BCUT2D eigenvalue weighted by Gasteiger charge is -2.09. The minimum atomic E-state index is -0.0283. The van der Waals surface area contributed by atoms with Crippen LogP contribution in [0.2, 0.25) is 0 Å². The maximum atomic E-state index is 12.6. The van der Waals surface area contributed by atoms with Gasteiger partial charge in [0.25, 0.3) is 5.91 Å². The topological polar surface area (TPSA) is 34.0 Å². The largest absolute Gasteiger partial charge is 0.347 e. The molecule has 23 heavy (non-hydrogen) atoms. The number of carbonyl (C=O) groups is 1. The van der Waals surface area contributed by atoms with Crippen LogP contribution < -0.4 is 5.32 Å². The number of amides is 1. The van der Waals surface area contributed by atoms with Gasteiger partial charge in [-0.1, -0.05) is 42.0 Å². The molecule has 0 aliphatic rings. The summed E-state index contributed by atoms with van der Waals surface area (Å²) in [6.07, 6.45) is 4.07. The fraction of sp³-hybridized carbons (Fsp3) is 0.211. The first-order valence-corrected chi connectivity index (χ1v) is 8.58. The van der Waals surface area contributed by atoms with E-state index < -0.39 is 0 Å². The Bertz CT molecular complexity index is 857. The summed E-state index contributed by atoms with van der Waals surface area (Å²) >= 11 is 1.66. The Hall–Kier alpha value is -2.33. The first-order valence-electron chi connectivity index (χ1n) is 7.70. The number of hydrogen-bond donors (Lipinski definition) is 1. The molecule has 0 fully saturated rings. The quantitative estimate of drug-likeness (QED) is 0.688. The van der Waals surface area contributed by atoms with Gasteiger partial charge in [-0.05, 0) is 36.9 Å². The van der Waals surface area contributed by atoms with Gasteiger partial charge < -0.3 is 9.88 Å². The molecule has 1 N–H and O–H groups in total. The molecule has 0 aliphatic heterocycles. The smallest absolute Gasteiger partial charge is 0.268 e. The zero-order chi connectivity index (χ0) is 16.2. The highest BCUT2D eigenvalue weighted by molar-refractivity contribution is 7.17. The Kier molecular flexibility index (Phi) is 4.63. The summed E-state index contributed by atoms with van der Waals surface area (Å²) < 4.78 is 3.22. The predicted octanol–water partition coefficient (Wildman–Crippen LogP) is 4.52. The SMILES string of the molecule is CC=CCn1c(C(=O)NCc2cccc(C)c2)cc2sccc21. The monoisotopic (exact) mass is 324 g/mol. The first-order chi connectivity index (χ1) is 11.2. The van der Waals surface area contributed by atoms with Gasteiger partial charge in [-0.3, -0.25) is 4.79 Å². The van der Waals surface area contributed by atoms with Gasteiger partial charge in [-0.25, -0.2) is 0 Å². The molecule has 0 bridgehead atoms. The minimum Gasteiger partial charge on any atom is -0.347 e. The van der Waals surface area contributed by atoms with Crippen LogP contribution in [-0.2, 0) is 13.1 Å². The average molecular weight is 324 g/mol. The number of allylic oxidation sites excluding steroid dienone is 2. The van der Waals surface area contributed by atoms with Crippen molar-refractivity contribution in [2.24, 2.45) is 0 Å². The van der Waals surface area contributed by atoms with E-state index in [1.54, 1.807) is 11.3 Å². The molecular weight excluding hydrogens is 304 g/mol. The van der Waals surface area contributed by atoms with Crippen LogP contribution in [0.5, 0.6) is 0 Å². The van der Waals surface area contributed by atoms with E-state index in [1.165, 1.54) is 5.56 Å². The maximum absolute atomic E-state index is 12.6. The van der Waals surface area contributed by atoms with Gasteiger partial charge in [-0.2, -0.15) is 0 Å². The molecule has 0 saturated carbocycles. The summed E-state index contributed by atoms with van der Waals surface area (Å²) in [6.45, 7) is 5.31. The van der Waals surface area contributed by atoms with E-state index in [0.29, 0.717) is 13.1 Å². The summed E-state index contributed by atoms with van der Waals surface area (Å²) in [5, 5.41) is 5.09. The Morgan fingerprint density at radius 1 is 1.30 bits per heavy atom. The van der Waals surface area contributed by atoms with Crippen LogP contribution in [0, 0.1) is 6.92 Å². The third-order valence-electron chi connectivity index (χ3n) is 3.81. The first kappa shape index (κ1) is 15.6. The molecule has 1 amide bonds. The molecular formula is C19H20N2OS. The van der Waals surface area contributed by atoms with Gasteiger partial charge in [-0.15, -0.1) is 11.3 Å². The van der Waals surface area contributed by atoms with Gasteiger partial charge in [0.05, 0.1) is 10.2 Å². The highest BCUT2D eigenvalue weighted by Gasteiger charge is 2.15. The number of hydrogen-bond acceptors (Lipinski definition) is 2. The summed E-state index contributed by atoms with van der Waals surface area (Å²) in [5.41, 5.74) is 4.16. The number of carbonyl (C=O) groups excluding carboxylic acids is 1. The number of fused-ring (bicyclic) bond motifs is 1. The third kappa shape index (κ3) is 3.37. The van der Waals surface area contributed by atoms with Crippen molar-refractivity contribution < 1.29 is 4.79 Å². The third-order valence-corrected chi connectivity index (χ3v) is 4.67. The molecule has 0 radical (unpaired) electrons. The van der Waals surface area contributed by atoms with E-state index in [4.69, 9.17) is 0 Å². The summed E-state index contributed by atoms with van der Waals surface area (Å²) in [7, 11) is 0. The number of nitrogens with one attached hydrogen (secondary N) is 1. The average Bonchev–Trinajstić information content (AvgIpc) is 3.12. The fourth-order valence-corrected chi connectivity index (χ4v) is 3.49. The van der Waals surface area contributed by atoms with Crippen molar-refractivity contribution in [2.75, 3.05) is 0 Å². The molecule has 3 aromatic rings. The lowest BCUT2D eigenvalue weighted by atomic mass is 10.1. The standard InChI is InChI=1S/C19H20N2OS/c1-3-4-9-21-16-8-10-23-18(16)12-17(21)19(22)20-13-15-7-5-6-14(2)11-15/h3-8,10-12H,9,13H2,1-2H3,(H,20,22). The number of rotatable bonds is 5. The van der Waals surface area contributed by atoms with E-state index in [9.17, 15) is 4.79 Å². The predicted molar refractivity (Wildman–Crippen MR) is 97.0 cm³/mol. The van der Waals surface area contributed by atoms with Crippen LogP contribution in [0.3, 0.4) is 0 Å². The zero-order valence-corrected chi connectivity index (χ0v) is 14.2. The molecule has 118 valence electrons. The van der Waals surface area contributed by atoms with Crippen LogP contribution >= 0.6 is 11.3 Å². The number of nitrogens with zero attached hydrogens (tertiary/aromatic N) is 1. The Morgan fingerprint density at radius 3 is 2.96 bits per heavy atom. The van der Waals surface area contributed by atoms with Gasteiger partial charge in [0.1, 0.15) is 5.69 Å². The number of thiophene rings is 1. The van der Waals surface area contributed by atoms with E-state index in [0.717, 1.165) is 21.5 Å². The minimum absolute atomic E-state index is 0.0283. The molecule has 2 aromatic heterocycles. The van der Waals surface area contributed by atoms with E-state index in [-0.39, 0.29) is 5.91 Å². The molecule has 3 rings (SSSR count). The van der Waals surface area contributed by atoms with Crippen LogP contribution in [0.15, 0.2) is 53.9 Å². The van der Waals surface area contributed by atoms with Crippen molar-refractivity contribution in [1.29, 1.82) is 0 Å². The highest BCUT2D eigenvalue weighted by atomic mass is 32.1. The highest BCUT2D eigenvalue weighted by Crippen LogP contribution is 2.25. The Morgan fingerprint density at radius 2 is 2.17 bits per heavy atom. The van der Waals surface area contributed by atoms with Crippen LogP contribution in [0.25, 0.3) is 10.2 Å². The molecule has 1 aromatic carbocycles. The second-order valence-corrected chi connectivity index (χ2v) is 6.50. The van der Waals surface area contributed by atoms with E-state index in [1.807, 2.05) is 31.2 Å². The molecule has 0 atom stereocenters. The van der Waals surface area contributed by atoms with Crippen molar-refractivity contribution in [3.63, 3.8) is 0 Å². The lowest BCUT2D eigenvalue weighted by Crippen LogP contribution is -2.25. The van der Waals surface area contributed by atoms with Gasteiger partial charge in [0.2, 0.25) is 0 Å². The summed E-state index contributed by atoms with van der Waals surface area (Å²) in [5.74, 6) is -0.0283. The molecule has 3 nitrogen and oxygen atoms in total. The molecule has 2 heterocycles. The van der Waals surface area contributed by atoms with Crippen LogP contribution in [-0.4, -0.2) is 10.5 Å². The van der Waals surface area contributed by atoms with Crippen molar-refractivity contribution in [2.45, 2.75) is 26.9 Å². The second-order valence-electron chi connectivity index (χ2n) is 5.55. The number of aromatic nitrogens is 1. The number of benzene rings is 1. The second kappa shape index (κ2) is 6.84. The van der Waals surface area contributed by atoms with Gasteiger partial charge in [0, 0.05) is 13.1 Å². The zero-order valence-electron chi connectivity index (χ0n) is 13.4. The van der Waals surface area contributed by atoms with E-state index >= 15 is 0 Å². The van der Waals surface area contributed by atoms with Crippen molar-refractivity contribution in [3.8, 4) is 0 Å². The lowest BCUT2D eigenvalue weighted by molar-refractivity contribution is 0.0942. The van der Waals surface area contributed by atoms with Crippen LogP contribution in [0.1, 0.15) is 28.5 Å². The normalized spacial score (nSPS) is 11.4. The van der Waals surface area contributed by atoms with Crippen molar-refractivity contribution >= 4 is 27.5 Å². The van der Waals surface area contributed by atoms with E-state index in [2.05, 4.69) is 46.5 Å². The van der Waals surface area contributed by atoms with Crippen molar-refractivity contribution in [1.82, 2.24) is 9.88 Å². The Balaban J connectivity index is 1.81. The van der Waals surface area contributed by atoms with Gasteiger partial charge >= 0.3 is 0 Å². The fourth-order valence-electron chi connectivity index (χ4n) is 2.67. The van der Waals surface area contributed by atoms with Crippen molar-refractivity contribution in [3.05, 3.63) is 70.8 Å². The maximum Gasteiger partial charge on any atom is 0.268 e. The van der Waals surface area contributed by atoms with Gasteiger partial charge in [0.15, 0.2) is 0 Å². The molecule has 0 saturated heterocycles. The molecule has 4 heteroatoms. The Labute approximate surface area is 140 Å². The summed E-state index contributed by atoms with van der Waals surface area (Å²) in [6, 6.07) is 12.3.